The molecule has 3 nitrogen and oxygen atoms in total. The lowest BCUT2D eigenvalue weighted by molar-refractivity contribution is -0.396. The predicted octanol–water partition coefficient (Wildman–Crippen LogP) is 11.5. The lowest BCUT2D eigenvalue weighted by Crippen LogP contribution is -2.60. The molecule has 0 bridgehead atoms. The predicted molar refractivity (Wildman–Crippen MR) is 164 cm³/mol. The number of carboxylic acids is 1. The lowest BCUT2D eigenvalue weighted by atomic mass is 9.52. The van der Waals surface area contributed by atoms with Gasteiger partial charge in [-0.25, -0.2) is 0 Å². The highest BCUT2D eigenvalue weighted by atomic mass is 19.4. The molecule has 0 spiro atoms. The first kappa shape index (κ1) is 38.4. The normalized spacial score (nSPS) is 26.9. The molecule has 4 rings (SSSR count). The van der Waals surface area contributed by atoms with Crippen molar-refractivity contribution < 1.29 is 54.5 Å². The van der Waals surface area contributed by atoms with E-state index in [1.807, 2.05) is 6.07 Å². The molecule has 0 amide bonds. The first-order valence-electron chi connectivity index (χ1n) is 17.2. The zero-order valence-electron chi connectivity index (χ0n) is 27.3. The van der Waals surface area contributed by atoms with E-state index in [9.17, 15) is 54.5 Å². The molecule has 2 saturated carbocycles. The minimum Gasteiger partial charge on any atom is -0.508 e. The van der Waals surface area contributed by atoms with Gasteiger partial charge in [0.2, 0.25) is 0 Å². The number of alkyl halides is 9. The second-order valence-electron chi connectivity index (χ2n) is 14.7. The molecule has 2 fully saturated rings. The number of benzene rings is 1. The van der Waals surface area contributed by atoms with Crippen molar-refractivity contribution in [2.75, 3.05) is 0 Å². The van der Waals surface area contributed by atoms with E-state index in [1.165, 1.54) is 23.1 Å². The monoisotopic (exact) mass is 698 g/mol. The van der Waals surface area contributed by atoms with E-state index in [0.29, 0.717) is 35.8 Å². The Morgan fingerprint density at radius 2 is 1.54 bits per heavy atom. The first-order valence-corrected chi connectivity index (χ1v) is 17.2. The molecule has 2 N–H and O–H groups in total. The van der Waals surface area contributed by atoms with Crippen molar-refractivity contribution >= 4 is 5.97 Å². The van der Waals surface area contributed by atoms with Gasteiger partial charge in [-0.3, -0.25) is 4.79 Å². The Bertz CT molecular complexity index is 1290. The number of hydrogen-bond donors (Lipinski definition) is 2. The molecule has 272 valence electrons. The van der Waals surface area contributed by atoms with Crippen LogP contribution in [0.2, 0.25) is 0 Å². The quantitative estimate of drug-likeness (QED) is 0.103. The van der Waals surface area contributed by atoms with Crippen LogP contribution in [-0.2, 0) is 11.2 Å². The molecule has 6 atom stereocenters. The summed E-state index contributed by atoms with van der Waals surface area (Å²) in [5, 5.41) is 19.5. The number of phenols is 1. The Labute approximate surface area is 276 Å². The summed E-state index contributed by atoms with van der Waals surface area (Å²) in [5.74, 6) is -20.2. The van der Waals surface area contributed by atoms with Crippen LogP contribution in [0.25, 0.3) is 0 Å². The highest BCUT2D eigenvalue weighted by Crippen LogP contribution is 2.64. The van der Waals surface area contributed by atoms with Crippen LogP contribution in [0.4, 0.5) is 39.5 Å². The van der Waals surface area contributed by atoms with E-state index in [1.54, 1.807) is 6.07 Å². The summed E-state index contributed by atoms with van der Waals surface area (Å²) in [6.07, 6.45) is 1.54. The summed E-state index contributed by atoms with van der Waals surface area (Å²) in [6, 6.07) is 5.82. The average Bonchev–Trinajstić information content (AvgIpc) is 3.30. The van der Waals surface area contributed by atoms with E-state index < -0.39 is 48.7 Å². The number of unbranched alkanes of at least 4 members (excludes halogenated alkanes) is 6. The molecule has 4 unspecified atom stereocenters. The van der Waals surface area contributed by atoms with Crippen LogP contribution >= 0.6 is 0 Å². The zero-order valence-corrected chi connectivity index (χ0v) is 27.3. The fourth-order valence-electron chi connectivity index (χ4n) is 8.96. The molecule has 0 heterocycles. The van der Waals surface area contributed by atoms with Crippen LogP contribution in [-0.4, -0.2) is 40.1 Å². The van der Waals surface area contributed by atoms with Crippen molar-refractivity contribution in [3.63, 3.8) is 0 Å². The number of carbonyl (C=O) groups is 1. The van der Waals surface area contributed by atoms with E-state index in [0.717, 1.165) is 64.2 Å². The standard InChI is InChI=1S/C36H47F9O3/c1-22-12-15-29-30-24(20-25-21-26(46)13-14-27(25)28(30)17-18-32(22,29)2)11-9-7-5-3-4-6-8-10-23(31(47)48)16-19-33(37,38)34(39,40)35(41,42)36(43,44)45/h13-14,21,23-24,28-30,46H,1,3-12,15-20H2,2H3,(H,47,48)/t23?,24-,28?,29?,30?,32-/m1/s1. The topological polar surface area (TPSA) is 57.5 Å². The summed E-state index contributed by atoms with van der Waals surface area (Å²) in [7, 11) is 0. The molecule has 0 aliphatic heterocycles. The number of carboxylic acid groups (broad SMARTS) is 1. The lowest BCUT2D eigenvalue weighted by Gasteiger charge is -2.52. The molecule has 1 aromatic rings. The summed E-state index contributed by atoms with van der Waals surface area (Å²) in [5.41, 5.74) is 4.19. The van der Waals surface area contributed by atoms with Gasteiger partial charge in [-0.05, 0) is 104 Å². The molecule has 1 aromatic carbocycles. The number of aliphatic carboxylic acids is 1. The van der Waals surface area contributed by atoms with E-state index >= 15 is 0 Å². The molecular formula is C36H47F9O3. The number of phenolic OH excluding ortho intramolecular Hbond substituents is 1. The van der Waals surface area contributed by atoms with Crippen molar-refractivity contribution in [2.24, 2.45) is 29.1 Å². The highest BCUT2D eigenvalue weighted by molar-refractivity contribution is 5.69. The molecule has 3 aliphatic carbocycles. The number of halogens is 9. The zero-order chi connectivity index (χ0) is 35.7. The number of hydrogen-bond acceptors (Lipinski definition) is 2. The highest BCUT2D eigenvalue weighted by Gasteiger charge is 2.81. The van der Waals surface area contributed by atoms with Gasteiger partial charge >= 0.3 is 29.9 Å². The Hall–Kier alpha value is -2.40. The second kappa shape index (κ2) is 14.4. The minimum absolute atomic E-state index is 0.180. The van der Waals surface area contributed by atoms with Crippen LogP contribution in [0.5, 0.6) is 5.75 Å². The molecule has 0 saturated heterocycles. The molecule has 48 heavy (non-hydrogen) atoms. The molecular weight excluding hydrogens is 651 g/mol. The van der Waals surface area contributed by atoms with Crippen LogP contribution in [0.15, 0.2) is 30.4 Å². The minimum atomic E-state index is -6.97. The van der Waals surface area contributed by atoms with E-state index in [4.69, 9.17) is 0 Å². The Kier molecular flexibility index (Phi) is 11.6. The van der Waals surface area contributed by atoms with Gasteiger partial charge in [0.05, 0.1) is 5.92 Å². The van der Waals surface area contributed by atoms with Gasteiger partial charge in [0.15, 0.2) is 0 Å². The fraction of sp³-hybridized carbons (Fsp3) is 0.750. The van der Waals surface area contributed by atoms with Crippen molar-refractivity contribution in [3.05, 3.63) is 41.5 Å². The SMILES string of the molecule is C=C1CCC2C3C(CC[C@]12C)c1ccc(O)cc1C[C@H]3CCCCCCCCCC(CCC(F)(F)C(F)(F)C(F)(F)C(F)(F)F)C(=O)O. The van der Waals surface area contributed by atoms with Crippen LogP contribution in [0, 0.1) is 29.1 Å². The van der Waals surface area contributed by atoms with E-state index in [2.05, 4.69) is 19.6 Å². The van der Waals surface area contributed by atoms with Crippen LogP contribution in [0.3, 0.4) is 0 Å². The van der Waals surface area contributed by atoms with Gasteiger partial charge in [-0.15, -0.1) is 0 Å². The smallest absolute Gasteiger partial charge is 0.460 e. The third-order valence-corrected chi connectivity index (χ3v) is 11.8. The Morgan fingerprint density at radius 1 is 0.917 bits per heavy atom. The van der Waals surface area contributed by atoms with Crippen molar-refractivity contribution in [1.82, 2.24) is 0 Å². The summed E-state index contributed by atoms with van der Waals surface area (Å²) < 4.78 is 118. The van der Waals surface area contributed by atoms with Gasteiger partial charge in [-0.2, -0.15) is 39.5 Å². The Morgan fingerprint density at radius 3 is 2.17 bits per heavy atom. The van der Waals surface area contributed by atoms with Gasteiger partial charge < -0.3 is 10.2 Å². The number of rotatable bonds is 16. The third-order valence-electron chi connectivity index (χ3n) is 11.8. The van der Waals surface area contributed by atoms with Crippen molar-refractivity contribution in [3.8, 4) is 5.75 Å². The maximum atomic E-state index is 13.9. The maximum Gasteiger partial charge on any atom is 0.460 e. The maximum absolute atomic E-state index is 13.9. The fourth-order valence-corrected chi connectivity index (χ4v) is 8.96. The van der Waals surface area contributed by atoms with Crippen molar-refractivity contribution in [2.45, 2.75) is 140 Å². The second-order valence-corrected chi connectivity index (χ2v) is 14.7. The average molecular weight is 699 g/mol. The summed E-state index contributed by atoms with van der Waals surface area (Å²) >= 11 is 0. The largest absolute Gasteiger partial charge is 0.508 e. The van der Waals surface area contributed by atoms with Crippen LogP contribution < -0.4 is 0 Å². The number of aromatic hydroxyl groups is 1. The van der Waals surface area contributed by atoms with Gasteiger partial charge in [0.25, 0.3) is 0 Å². The van der Waals surface area contributed by atoms with Gasteiger partial charge in [0.1, 0.15) is 5.75 Å². The van der Waals surface area contributed by atoms with Crippen LogP contribution in [0.1, 0.15) is 120 Å². The summed E-state index contributed by atoms with van der Waals surface area (Å²) in [6.45, 7) is 6.82. The Balaban J connectivity index is 1.20. The molecule has 12 heteroatoms. The van der Waals surface area contributed by atoms with Crippen molar-refractivity contribution in [1.29, 1.82) is 0 Å². The number of allylic oxidation sites excluding steroid dienone is 1. The van der Waals surface area contributed by atoms with Gasteiger partial charge in [0, 0.05) is 6.42 Å². The molecule has 0 radical (unpaired) electrons. The number of fused-ring (bicyclic) bond motifs is 5. The summed E-state index contributed by atoms with van der Waals surface area (Å²) in [4.78, 5) is 11.5. The van der Waals surface area contributed by atoms with E-state index in [-0.39, 0.29) is 18.3 Å². The third kappa shape index (κ3) is 7.52. The first-order chi connectivity index (χ1) is 22.2. The molecule has 3 aliphatic rings. The van der Waals surface area contributed by atoms with Gasteiger partial charge in [-0.1, -0.05) is 70.1 Å². The molecule has 0 aromatic heterocycles.